The van der Waals surface area contributed by atoms with Crippen LogP contribution in [0.4, 0.5) is 11.4 Å². The molecule has 6 N–H and O–H groups in total. The summed E-state index contributed by atoms with van der Waals surface area (Å²) in [6, 6.07) is 20.5. The van der Waals surface area contributed by atoms with Gasteiger partial charge < -0.3 is 31.2 Å². The molecule has 0 bridgehead atoms. The largest absolute Gasteiger partial charge is 0.497 e. The number of anilines is 2. The molecular formula is C30H28N6O5S. The molecule has 3 amide bonds. The Morgan fingerprint density at radius 1 is 1.02 bits per heavy atom. The highest BCUT2D eigenvalue weighted by molar-refractivity contribution is 7.09. The molecule has 11 nitrogen and oxygen atoms in total. The van der Waals surface area contributed by atoms with Crippen LogP contribution in [0, 0.1) is 0 Å². The van der Waals surface area contributed by atoms with Crippen molar-refractivity contribution in [3.8, 4) is 11.5 Å². The third-order valence-corrected chi connectivity index (χ3v) is 7.60. The average molecular weight is 585 g/mol. The maximum atomic E-state index is 14.5. The van der Waals surface area contributed by atoms with Crippen LogP contribution in [0.2, 0.25) is 0 Å². The van der Waals surface area contributed by atoms with Crippen LogP contribution in [0.1, 0.15) is 37.3 Å². The molecule has 0 saturated heterocycles. The molecule has 5 rings (SSSR count). The minimum atomic E-state index is -1.23. The minimum Gasteiger partial charge on any atom is -0.497 e. The lowest BCUT2D eigenvalue weighted by Crippen LogP contribution is -2.44. The van der Waals surface area contributed by atoms with Gasteiger partial charge in [0.1, 0.15) is 22.4 Å². The van der Waals surface area contributed by atoms with Crippen molar-refractivity contribution in [2.75, 3.05) is 24.9 Å². The van der Waals surface area contributed by atoms with Crippen molar-refractivity contribution in [2.24, 2.45) is 5.73 Å². The molecule has 0 spiro atoms. The molecule has 2 aromatic heterocycles. The van der Waals surface area contributed by atoms with E-state index >= 15 is 0 Å². The SMILES string of the molecule is COc1ccc(OC)c(N(C(=O)c2snc(C(N)=O)c2N)C(C(=O)NCc2ccccc2)c2c[nH]c3ccccc23)c1. The third kappa shape index (κ3) is 5.34. The quantitative estimate of drug-likeness (QED) is 0.192. The Bertz CT molecular complexity index is 1770. The van der Waals surface area contributed by atoms with E-state index in [2.05, 4.69) is 14.7 Å². The van der Waals surface area contributed by atoms with Crippen LogP contribution in [0.3, 0.4) is 0 Å². The van der Waals surface area contributed by atoms with Crippen molar-refractivity contribution in [3.05, 3.63) is 101 Å². The van der Waals surface area contributed by atoms with Gasteiger partial charge in [0, 0.05) is 35.3 Å². The maximum absolute atomic E-state index is 14.5. The van der Waals surface area contributed by atoms with E-state index in [9.17, 15) is 14.4 Å². The number of hydrogen-bond donors (Lipinski definition) is 4. The lowest BCUT2D eigenvalue weighted by atomic mass is 10.0. The maximum Gasteiger partial charge on any atom is 0.273 e. The number of fused-ring (bicyclic) bond motifs is 1. The number of carbonyl (C=O) groups excluding carboxylic acids is 3. The topological polar surface area (TPSA) is 166 Å². The van der Waals surface area contributed by atoms with Crippen LogP contribution in [0.5, 0.6) is 11.5 Å². The van der Waals surface area contributed by atoms with Crippen molar-refractivity contribution in [2.45, 2.75) is 12.6 Å². The van der Waals surface area contributed by atoms with Crippen LogP contribution in [0.25, 0.3) is 10.9 Å². The Hall–Kier alpha value is -5.36. The number of aromatic nitrogens is 2. The first-order valence-electron chi connectivity index (χ1n) is 12.8. The number of rotatable bonds is 10. The summed E-state index contributed by atoms with van der Waals surface area (Å²) >= 11 is 0.721. The fourth-order valence-corrected chi connectivity index (χ4v) is 5.43. The molecule has 1 atom stereocenters. The average Bonchev–Trinajstić information content (AvgIpc) is 3.62. The fourth-order valence-electron chi connectivity index (χ4n) is 4.69. The number of para-hydroxylation sites is 1. The predicted octanol–water partition coefficient (Wildman–Crippen LogP) is 4.03. The summed E-state index contributed by atoms with van der Waals surface area (Å²) in [6.45, 7) is 0.213. The lowest BCUT2D eigenvalue weighted by molar-refractivity contribution is -0.122. The fraction of sp³-hybridized carbons (Fsp3) is 0.133. The number of methoxy groups -OCH3 is 2. The molecular weight excluding hydrogens is 556 g/mol. The van der Waals surface area contributed by atoms with Gasteiger partial charge in [-0.15, -0.1) is 0 Å². The Morgan fingerprint density at radius 2 is 1.76 bits per heavy atom. The van der Waals surface area contributed by atoms with E-state index < -0.39 is 23.8 Å². The van der Waals surface area contributed by atoms with Gasteiger partial charge in [0.05, 0.1) is 25.6 Å². The number of nitrogens with one attached hydrogen (secondary N) is 2. The third-order valence-electron chi connectivity index (χ3n) is 6.75. The van der Waals surface area contributed by atoms with E-state index in [0.717, 1.165) is 28.0 Å². The summed E-state index contributed by atoms with van der Waals surface area (Å²) < 4.78 is 15.1. The molecule has 12 heteroatoms. The van der Waals surface area contributed by atoms with Gasteiger partial charge >= 0.3 is 0 Å². The van der Waals surface area contributed by atoms with Crippen LogP contribution in [-0.4, -0.2) is 41.3 Å². The van der Waals surface area contributed by atoms with Gasteiger partial charge in [-0.2, -0.15) is 4.37 Å². The number of ether oxygens (including phenoxy) is 2. The van der Waals surface area contributed by atoms with Crippen molar-refractivity contribution in [1.82, 2.24) is 14.7 Å². The van der Waals surface area contributed by atoms with Gasteiger partial charge in [0.25, 0.3) is 11.8 Å². The number of nitrogens with zero attached hydrogens (tertiary/aromatic N) is 2. The zero-order valence-electron chi connectivity index (χ0n) is 22.8. The standard InChI is InChI=1S/C30H28N6O5S/c1-40-18-12-13-23(41-2)22(14-18)36(30(39)27-24(31)25(28(32)37)35-42-27)26(20-16-33-21-11-7-6-10-19(20)21)29(38)34-15-17-8-4-3-5-9-17/h3-14,16,26,33H,15,31H2,1-2H3,(H2,32,37)(H,34,38). The molecule has 0 aliphatic rings. The normalized spacial score (nSPS) is 11.6. The second kappa shape index (κ2) is 12.0. The molecule has 2 heterocycles. The molecule has 1 unspecified atom stereocenters. The summed E-state index contributed by atoms with van der Waals surface area (Å²) in [6.07, 6.45) is 1.69. The monoisotopic (exact) mass is 584 g/mol. The van der Waals surface area contributed by atoms with Crippen LogP contribution in [-0.2, 0) is 11.3 Å². The van der Waals surface area contributed by atoms with Gasteiger partial charge in [-0.1, -0.05) is 48.5 Å². The number of amides is 3. The Balaban J connectivity index is 1.73. The Kier molecular flexibility index (Phi) is 8.07. The zero-order chi connectivity index (χ0) is 29.8. The first kappa shape index (κ1) is 28.2. The van der Waals surface area contributed by atoms with E-state index in [-0.39, 0.29) is 28.5 Å². The summed E-state index contributed by atoms with van der Waals surface area (Å²) in [7, 11) is 2.94. The minimum absolute atomic E-state index is 0.0608. The number of nitrogen functional groups attached to an aromatic ring is 1. The van der Waals surface area contributed by atoms with Gasteiger partial charge in [-0.25, -0.2) is 0 Å². The number of aromatic amines is 1. The molecule has 0 radical (unpaired) electrons. The number of benzene rings is 3. The lowest BCUT2D eigenvalue weighted by Gasteiger charge is -2.32. The van der Waals surface area contributed by atoms with E-state index in [1.54, 1.807) is 24.4 Å². The molecule has 42 heavy (non-hydrogen) atoms. The summed E-state index contributed by atoms with van der Waals surface area (Å²) in [5.41, 5.74) is 13.6. The summed E-state index contributed by atoms with van der Waals surface area (Å²) in [4.78, 5) is 45.1. The van der Waals surface area contributed by atoms with Gasteiger partial charge in [-0.3, -0.25) is 19.3 Å². The Morgan fingerprint density at radius 3 is 2.45 bits per heavy atom. The van der Waals surface area contributed by atoms with Crippen molar-refractivity contribution < 1.29 is 23.9 Å². The molecule has 0 aliphatic heterocycles. The molecule has 5 aromatic rings. The highest BCUT2D eigenvalue weighted by Crippen LogP contribution is 2.41. The van der Waals surface area contributed by atoms with Crippen LogP contribution >= 0.6 is 11.5 Å². The van der Waals surface area contributed by atoms with Crippen molar-refractivity contribution in [3.63, 3.8) is 0 Å². The van der Waals surface area contributed by atoms with Gasteiger partial charge in [-0.05, 0) is 35.3 Å². The summed E-state index contributed by atoms with van der Waals surface area (Å²) in [5, 5.41) is 3.71. The first-order valence-corrected chi connectivity index (χ1v) is 13.6. The molecule has 3 aromatic carbocycles. The van der Waals surface area contributed by atoms with Crippen LogP contribution < -0.4 is 31.2 Å². The number of hydrogen-bond acceptors (Lipinski definition) is 8. The predicted molar refractivity (Wildman–Crippen MR) is 161 cm³/mol. The number of primary amides is 1. The van der Waals surface area contributed by atoms with Crippen molar-refractivity contribution >= 4 is 51.5 Å². The molecule has 0 saturated carbocycles. The summed E-state index contributed by atoms with van der Waals surface area (Å²) in [5.74, 6) is -1.32. The van der Waals surface area contributed by atoms with Crippen LogP contribution in [0.15, 0.2) is 79.0 Å². The second-order valence-corrected chi connectivity index (χ2v) is 10.0. The van der Waals surface area contributed by atoms with Gasteiger partial charge in [0.2, 0.25) is 5.91 Å². The molecule has 0 aliphatic carbocycles. The highest BCUT2D eigenvalue weighted by Gasteiger charge is 2.38. The number of carbonyl (C=O) groups is 3. The highest BCUT2D eigenvalue weighted by atomic mass is 32.1. The zero-order valence-corrected chi connectivity index (χ0v) is 23.6. The van der Waals surface area contributed by atoms with E-state index in [1.807, 2.05) is 54.6 Å². The second-order valence-electron chi connectivity index (χ2n) is 9.25. The van der Waals surface area contributed by atoms with Crippen molar-refractivity contribution in [1.29, 1.82) is 0 Å². The molecule has 0 fully saturated rings. The van der Waals surface area contributed by atoms with E-state index in [0.29, 0.717) is 17.1 Å². The van der Waals surface area contributed by atoms with E-state index in [4.69, 9.17) is 20.9 Å². The smallest absolute Gasteiger partial charge is 0.273 e. The van der Waals surface area contributed by atoms with Gasteiger partial charge in [0.15, 0.2) is 5.69 Å². The van der Waals surface area contributed by atoms with E-state index in [1.165, 1.54) is 19.1 Å². The Labute approximate surface area is 245 Å². The number of H-pyrrole nitrogens is 1. The molecule has 214 valence electrons. The first-order chi connectivity index (χ1) is 20.3. The number of nitrogens with two attached hydrogens (primary N) is 2.